The van der Waals surface area contributed by atoms with Crippen molar-refractivity contribution in [1.29, 1.82) is 0 Å². The van der Waals surface area contributed by atoms with Crippen LogP contribution < -0.4 is 0 Å². The number of halogens is 2. The second-order valence-electron chi connectivity index (χ2n) is 5.15. The topological polar surface area (TPSA) is 30.7 Å². The molecule has 0 amide bonds. The molecule has 0 fully saturated rings. The average molecular weight is 304 g/mol. The molecule has 108 valence electrons. The highest BCUT2D eigenvalue weighted by molar-refractivity contribution is 6.20. The number of benzene rings is 1. The Morgan fingerprint density at radius 2 is 1.90 bits per heavy atom. The molecule has 3 rings (SSSR count). The maximum absolute atomic E-state index is 13.4. The molecule has 0 aliphatic heterocycles. The lowest BCUT2D eigenvalue weighted by atomic mass is 10.2. The first kappa shape index (κ1) is 14.0. The molecular weight excluding hydrogens is 289 g/mol. The molecule has 1 unspecified atom stereocenters. The highest BCUT2D eigenvalue weighted by Crippen LogP contribution is 2.29. The van der Waals surface area contributed by atoms with Crippen LogP contribution in [0.15, 0.2) is 30.3 Å². The van der Waals surface area contributed by atoms with Gasteiger partial charge in [0, 0.05) is 5.69 Å². The molecular formula is C16H15ClFN3. The van der Waals surface area contributed by atoms with E-state index in [9.17, 15) is 4.39 Å². The van der Waals surface area contributed by atoms with Gasteiger partial charge in [0.1, 0.15) is 17.2 Å². The standard InChI is InChI=1S/C16H15ClFN3/c1-9-8-12(18)5-7-14(9)21-15(11(3)17)20-13-6-4-10(2)19-16(13)21/h4-8,11H,1-3H3. The Morgan fingerprint density at radius 1 is 1.14 bits per heavy atom. The number of pyridine rings is 1. The summed E-state index contributed by atoms with van der Waals surface area (Å²) < 4.78 is 15.3. The molecule has 2 heterocycles. The van der Waals surface area contributed by atoms with Gasteiger partial charge in [0.15, 0.2) is 5.65 Å². The van der Waals surface area contributed by atoms with Crippen LogP contribution in [0.3, 0.4) is 0 Å². The van der Waals surface area contributed by atoms with Crippen LogP contribution in [0.2, 0.25) is 0 Å². The van der Waals surface area contributed by atoms with Gasteiger partial charge in [-0.15, -0.1) is 11.6 Å². The number of aryl methyl sites for hydroxylation is 2. The quantitative estimate of drug-likeness (QED) is 0.654. The Labute approximate surface area is 127 Å². The van der Waals surface area contributed by atoms with E-state index in [1.807, 2.05) is 37.5 Å². The maximum Gasteiger partial charge on any atom is 0.164 e. The van der Waals surface area contributed by atoms with Crippen LogP contribution >= 0.6 is 11.6 Å². The Hall–Kier alpha value is -1.94. The number of aromatic nitrogens is 3. The Morgan fingerprint density at radius 3 is 2.57 bits per heavy atom. The summed E-state index contributed by atoms with van der Waals surface area (Å²) in [5, 5.41) is -0.274. The van der Waals surface area contributed by atoms with E-state index in [-0.39, 0.29) is 11.2 Å². The minimum atomic E-state index is -0.274. The van der Waals surface area contributed by atoms with Gasteiger partial charge >= 0.3 is 0 Å². The summed E-state index contributed by atoms with van der Waals surface area (Å²) in [6.07, 6.45) is 0. The molecule has 0 bridgehead atoms. The van der Waals surface area contributed by atoms with Crippen LogP contribution in [0.1, 0.15) is 29.4 Å². The first-order valence-corrected chi connectivity index (χ1v) is 7.17. The minimum absolute atomic E-state index is 0.259. The van der Waals surface area contributed by atoms with Gasteiger partial charge in [0.05, 0.1) is 11.1 Å². The van der Waals surface area contributed by atoms with E-state index in [4.69, 9.17) is 11.6 Å². The first-order chi connectivity index (χ1) is 9.97. The van der Waals surface area contributed by atoms with Crippen molar-refractivity contribution in [3.05, 3.63) is 53.2 Å². The zero-order chi connectivity index (χ0) is 15.1. The largest absolute Gasteiger partial charge is 0.279 e. The van der Waals surface area contributed by atoms with E-state index >= 15 is 0 Å². The predicted molar refractivity (Wildman–Crippen MR) is 82.6 cm³/mol. The average Bonchev–Trinajstić information content (AvgIpc) is 2.77. The van der Waals surface area contributed by atoms with E-state index in [1.54, 1.807) is 6.07 Å². The molecule has 0 N–H and O–H groups in total. The molecule has 1 atom stereocenters. The van der Waals surface area contributed by atoms with Crippen molar-refractivity contribution in [3.8, 4) is 5.69 Å². The number of rotatable bonds is 2. The fourth-order valence-corrected chi connectivity index (χ4v) is 2.59. The maximum atomic E-state index is 13.4. The first-order valence-electron chi connectivity index (χ1n) is 6.74. The molecule has 21 heavy (non-hydrogen) atoms. The predicted octanol–water partition coefficient (Wildman–Crippen LogP) is 4.48. The number of alkyl halides is 1. The van der Waals surface area contributed by atoms with Gasteiger partial charge in [-0.2, -0.15) is 0 Å². The van der Waals surface area contributed by atoms with Crippen LogP contribution in [0.5, 0.6) is 0 Å². The number of hydrogen-bond donors (Lipinski definition) is 0. The van der Waals surface area contributed by atoms with Gasteiger partial charge in [-0.3, -0.25) is 4.57 Å². The van der Waals surface area contributed by atoms with Crippen molar-refractivity contribution < 1.29 is 4.39 Å². The molecule has 0 saturated carbocycles. The van der Waals surface area contributed by atoms with Gasteiger partial charge in [-0.1, -0.05) is 0 Å². The molecule has 2 aromatic heterocycles. The zero-order valence-electron chi connectivity index (χ0n) is 12.1. The van der Waals surface area contributed by atoms with Crippen molar-refractivity contribution >= 4 is 22.8 Å². The van der Waals surface area contributed by atoms with Crippen molar-refractivity contribution in [2.24, 2.45) is 0 Å². The molecule has 1 aromatic carbocycles. The van der Waals surface area contributed by atoms with Crippen LogP contribution in [0.25, 0.3) is 16.9 Å². The Bertz CT molecular complexity index is 824. The summed E-state index contributed by atoms with van der Waals surface area (Å²) in [7, 11) is 0. The van der Waals surface area contributed by atoms with E-state index in [2.05, 4.69) is 9.97 Å². The summed E-state index contributed by atoms with van der Waals surface area (Å²) in [6.45, 7) is 5.66. The minimum Gasteiger partial charge on any atom is -0.279 e. The summed E-state index contributed by atoms with van der Waals surface area (Å²) in [6, 6.07) is 8.51. The van der Waals surface area contributed by atoms with Crippen LogP contribution in [0.4, 0.5) is 4.39 Å². The molecule has 3 aromatic rings. The molecule has 0 spiro atoms. The van der Waals surface area contributed by atoms with Gasteiger partial charge in [0.25, 0.3) is 0 Å². The monoisotopic (exact) mass is 303 g/mol. The van der Waals surface area contributed by atoms with E-state index in [0.29, 0.717) is 5.82 Å². The third-order valence-corrected chi connectivity index (χ3v) is 3.62. The smallest absolute Gasteiger partial charge is 0.164 e. The van der Waals surface area contributed by atoms with Crippen LogP contribution in [-0.2, 0) is 0 Å². The van der Waals surface area contributed by atoms with Gasteiger partial charge in [0.2, 0.25) is 0 Å². The van der Waals surface area contributed by atoms with Crippen LogP contribution in [0, 0.1) is 19.7 Å². The number of fused-ring (bicyclic) bond motifs is 1. The number of nitrogens with zero attached hydrogens (tertiary/aromatic N) is 3. The summed E-state index contributed by atoms with van der Waals surface area (Å²) in [5.41, 5.74) is 4.09. The lowest BCUT2D eigenvalue weighted by molar-refractivity contribution is 0.626. The third kappa shape index (κ3) is 2.40. The molecule has 5 heteroatoms. The van der Waals surface area contributed by atoms with Crippen molar-refractivity contribution in [1.82, 2.24) is 14.5 Å². The normalized spacial score (nSPS) is 12.8. The fourth-order valence-electron chi connectivity index (χ4n) is 2.44. The Balaban J connectivity index is 2.38. The highest BCUT2D eigenvalue weighted by atomic mass is 35.5. The lowest BCUT2D eigenvalue weighted by Crippen LogP contribution is -2.05. The second kappa shape index (κ2) is 5.11. The molecule has 0 radical (unpaired) electrons. The van der Waals surface area contributed by atoms with Crippen molar-refractivity contribution in [2.45, 2.75) is 26.1 Å². The van der Waals surface area contributed by atoms with E-state index in [1.165, 1.54) is 12.1 Å². The number of imidazole rings is 1. The fraction of sp³-hybridized carbons (Fsp3) is 0.250. The molecule has 0 aliphatic rings. The number of hydrogen-bond acceptors (Lipinski definition) is 2. The van der Waals surface area contributed by atoms with Gasteiger partial charge in [-0.05, 0) is 56.7 Å². The van der Waals surface area contributed by atoms with Gasteiger partial charge < -0.3 is 0 Å². The molecule has 0 saturated heterocycles. The van der Waals surface area contributed by atoms with Crippen molar-refractivity contribution in [3.63, 3.8) is 0 Å². The molecule has 3 nitrogen and oxygen atoms in total. The summed E-state index contributed by atoms with van der Waals surface area (Å²) in [5.74, 6) is 0.449. The van der Waals surface area contributed by atoms with Crippen molar-refractivity contribution in [2.75, 3.05) is 0 Å². The summed E-state index contributed by atoms with van der Waals surface area (Å²) in [4.78, 5) is 9.13. The van der Waals surface area contributed by atoms with E-state index < -0.39 is 0 Å². The summed E-state index contributed by atoms with van der Waals surface area (Å²) >= 11 is 6.27. The van der Waals surface area contributed by atoms with E-state index in [0.717, 1.165) is 28.1 Å². The lowest BCUT2D eigenvalue weighted by Gasteiger charge is -2.12. The second-order valence-corrected chi connectivity index (χ2v) is 5.80. The third-order valence-electron chi connectivity index (χ3n) is 3.43. The SMILES string of the molecule is Cc1ccc2nc(C(C)Cl)n(-c3ccc(F)cc3C)c2n1. The van der Waals surface area contributed by atoms with Crippen LogP contribution in [-0.4, -0.2) is 14.5 Å². The van der Waals surface area contributed by atoms with Gasteiger partial charge in [-0.25, -0.2) is 14.4 Å². The molecule has 0 aliphatic carbocycles. The highest BCUT2D eigenvalue weighted by Gasteiger charge is 2.18. The Kier molecular flexibility index (Phi) is 3.41. The zero-order valence-corrected chi connectivity index (χ0v) is 12.8.